The molecule has 3 N–H and O–H groups in total. The van der Waals surface area contributed by atoms with Crippen molar-refractivity contribution in [2.45, 2.75) is 150 Å². The van der Waals surface area contributed by atoms with Crippen molar-refractivity contribution in [3.63, 3.8) is 0 Å². The fourth-order valence-electron chi connectivity index (χ4n) is 12.3. The molecule has 1 heterocycles. The van der Waals surface area contributed by atoms with Crippen LogP contribution in [0.15, 0.2) is 11.6 Å². The molecular weight excluding hydrogens is 556 g/mol. The average molecular weight is 617 g/mol. The standard InChI is InChI=1S/C37H60O7/c1-32(2)26-11-14-37(7)27(35(26,5)13-12-28(32)44-29-19-24(39)30(40)25(21-38)43-29)10-9-22-23-20-34(4,31(41)42-8)16-15-33(23,3)17-18-36(22,37)6/h9,23-30,38-40H,10-21H2,1-8H3/t23-,24+,25+,26-,27+,28-,29+,30-,33+,34-,35-,36+,37+/m0/s1. The second-order valence-corrected chi connectivity index (χ2v) is 17.8. The highest BCUT2D eigenvalue weighted by atomic mass is 16.7. The van der Waals surface area contributed by atoms with Gasteiger partial charge in [-0.2, -0.15) is 0 Å². The summed E-state index contributed by atoms with van der Waals surface area (Å²) in [6.45, 7) is 16.8. The van der Waals surface area contributed by atoms with E-state index in [-0.39, 0.29) is 52.2 Å². The van der Waals surface area contributed by atoms with Crippen molar-refractivity contribution in [1.29, 1.82) is 0 Å². The van der Waals surface area contributed by atoms with Gasteiger partial charge in [-0.3, -0.25) is 4.79 Å². The second kappa shape index (κ2) is 10.8. The van der Waals surface area contributed by atoms with Gasteiger partial charge in [0.1, 0.15) is 12.2 Å². The molecule has 1 saturated heterocycles. The first-order valence-electron chi connectivity index (χ1n) is 17.6. The molecule has 1 aliphatic heterocycles. The molecule has 4 saturated carbocycles. The molecule has 13 atom stereocenters. The summed E-state index contributed by atoms with van der Waals surface area (Å²) in [7, 11) is 1.54. The molecule has 6 aliphatic rings. The third-order valence-corrected chi connectivity index (χ3v) is 15.5. The Balaban J connectivity index is 1.27. The van der Waals surface area contributed by atoms with Gasteiger partial charge in [0.05, 0.1) is 31.3 Å². The van der Waals surface area contributed by atoms with Gasteiger partial charge in [0.25, 0.3) is 0 Å². The number of esters is 1. The average Bonchev–Trinajstić information content (AvgIpc) is 2.97. The van der Waals surface area contributed by atoms with Gasteiger partial charge in [-0.25, -0.2) is 0 Å². The van der Waals surface area contributed by atoms with Crippen LogP contribution < -0.4 is 0 Å². The molecule has 5 aliphatic carbocycles. The zero-order valence-electron chi connectivity index (χ0n) is 28.7. The quantitative estimate of drug-likeness (QED) is 0.197. The van der Waals surface area contributed by atoms with Gasteiger partial charge in [0.2, 0.25) is 0 Å². The number of ether oxygens (including phenoxy) is 3. The summed E-state index contributed by atoms with van der Waals surface area (Å²) in [5.41, 5.74) is 1.88. The molecule has 0 bridgehead atoms. The van der Waals surface area contributed by atoms with Crippen molar-refractivity contribution >= 4 is 5.97 Å². The Hall–Kier alpha value is -0.990. The molecule has 0 aromatic carbocycles. The predicted molar refractivity (Wildman–Crippen MR) is 168 cm³/mol. The summed E-state index contributed by atoms with van der Waals surface area (Å²) in [6, 6.07) is 0. The van der Waals surface area contributed by atoms with Crippen LogP contribution in [-0.4, -0.2) is 65.7 Å². The summed E-state index contributed by atoms with van der Waals surface area (Å²) in [5.74, 6) is 1.45. The fourth-order valence-corrected chi connectivity index (χ4v) is 12.3. The van der Waals surface area contributed by atoms with Crippen molar-refractivity contribution in [3.05, 3.63) is 11.6 Å². The van der Waals surface area contributed by atoms with Crippen molar-refractivity contribution in [3.8, 4) is 0 Å². The zero-order valence-corrected chi connectivity index (χ0v) is 28.7. The summed E-state index contributed by atoms with van der Waals surface area (Å²) in [6.07, 6.45) is 10.2. The van der Waals surface area contributed by atoms with Gasteiger partial charge in [0.15, 0.2) is 6.29 Å². The Kier molecular flexibility index (Phi) is 8.06. The van der Waals surface area contributed by atoms with E-state index in [0.717, 1.165) is 44.9 Å². The highest BCUT2D eigenvalue weighted by molar-refractivity contribution is 5.76. The van der Waals surface area contributed by atoms with Crippen LogP contribution in [-0.2, 0) is 19.0 Å². The van der Waals surface area contributed by atoms with Gasteiger partial charge in [-0.05, 0) is 116 Å². The van der Waals surface area contributed by atoms with Crippen LogP contribution in [0.2, 0.25) is 0 Å². The third kappa shape index (κ3) is 4.56. The van der Waals surface area contributed by atoms with Gasteiger partial charge in [0, 0.05) is 6.42 Å². The van der Waals surface area contributed by atoms with E-state index in [1.165, 1.54) is 19.3 Å². The predicted octanol–water partition coefficient (Wildman–Crippen LogP) is 6.18. The maximum Gasteiger partial charge on any atom is 0.311 e. The second-order valence-electron chi connectivity index (χ2n) is 17.8. The first-order valence-corrected chi connectivity index (χ1v) is 17.6. The lowest BCUT2D eigenvalue weighted by Crippen LogP contribution is -2.65. The Morgan fingerprint density at radius 1 is 0.955 bits per heavy atom. The summed E-state index contributed by atoms with van der Waals surface area (Å²) < 4.78 is 17.9. The number of aliphatic hydroxyl groups excluding tert-OH is 3. The van der Waals surface area contributed by atoms with Gasteiger partial charge in [-0.1, -0.05) is 53.2 Å². The number of allylic oxidation sites excluding steroid dienone is 2. The molecule has 0 radical (unpaired) electrons. The fraction of sp³-hybridized carbons (Fsp3) is 0.919. The van der Waals surface area contributed by atoms with Crippen molar-refractivity contribution < 1.29 is 34.3 Å². The van der Waals surface area contributed by atoms with E-state index < -0.39 is 30.0 Å². The van der Waals surface area contributed by atoms with Crippen molar-refractivity contribution in [2.75, 3.05) is 13.7 Å². The summed E-state index contributed by atoms with van der Waals surface area (Å²) >= 11 is 0. The summed E-state index contributed by atoms with van der Waals surface area (Å²) in [4.78, 5) is 13.0. The highest BCUT2D eigenvalue weighted by Gasteiger charge is 2.68. The molecule has 0 aromatic heterocycles. The maximum absolute atomic E-state index is 13.0. The number of aliphatic hydroxyl groups is 3. The van der Waals surface area contributed by atoms with Crippen molar-refractivity contribution in [2.24, 2.45) is 50.2 Å². The normalized spacial score (nSPS) is 53.3. The van der Waals surface area contributed by atoms with E-state index in [1.54, 1.807) is 12.7 Å². The molecule has 5 fully saturated rings. The first kappa shape index (κ1) is 32.9. The zero-order chi connectivity index (χ0) is 32.1. The lowest BCUT2D eigenvalue weighted by molar-refractivity contribution is -0.297. The molecular formula is C37H60O7. The Morgan fingerprint density at radius 3 is 2.34 bits per heavy atom. The number of methoxy groups -OCH3 is 1. The summed E-state index contributed by atoms with van der Waals surface area (Å²) in [5, 5.41) is 30.3. The molecule has 0 unspecified atom stereocenters. The minimum absolute atomic E-state index is 0.0179. The molecule has 0 amide bonds. The van der Waals surface area contributed by atoms with Crippen LogP contribution in [0.5, 0.6) is 0 Å². The Bertz CT molecular complexity index is 1170. The van der Waals surface area contributed by atoms with Crippen LogP contribution in [0.3, 0.4) is 0 Å². The lowest BCUT2D eigenvalue weighted by atomic mass is 9.33. The van der Waals surface area contributed by atoms with Gasteiger partial charge >= 0.3 is 5.97 Å². The van der Waals surface area contributed by atoms with Crippen LogP contribution >= 0.6 is 0 Å². The smallest absolute Gasteiger partial charge is 0.311 e. The lowest BCUT2D eigenvalue weighted by Gasteiger charge is -2.71. The Labute approximate surface area is 265 Å². The molecule has 7 heteroatoms. The first-order chi connectivity index (χ1) is 20.5. The number of hydrogen-bond donors (Lipinski definition) is 3. The molecule has 250 valence electrons. The van der Waals surface area contributed by atoms with Crippen LogP contribution in [0.4, 0.5) is 0 Å². The number of rotatable bonds is 4. The highest BCUT2D eigenvalue weighted by Crippen LogP contribution is 2.75. The molecule has 0 aromatic rings. The van der Waals surface area contributed by atoms with Crippen LogP contribution in [0, 0.1) is 50.2 Å². The van der Waals surface area contributed by atoms with Gasteiger partial charge < -0.3 is 29.5 Å². The molecule has 44 heavy (non-hydrogen) atoms. The van der Waals surface area contributed by atoms with E-state index in [4.69, 9.17) is 14.2 Å². The molecule has 6 rings (SSSR count). The SMILES string of the molecule is COC(=O)[C@@]1(C)CC[C@]2(C)CC[C@]3(C)C(=CC[C@@H]4[C@@]5(C)CC[C@H](O[C@@H]6C[C@@H](O)[C@H](O)[C@@H](CO)O6)C(C)(C)[C@@H]5CC[C@]43C)[C@@H]2C1. The van der Waals surface area contributed by atoms with E-state index >= 15 is 0 Å². The minimum atomic E-state index is -1.09. The molecule has 0 spiro atoms. The topological polar surface area (TPSA) is 105 Å². The largest absolute Gasteiger partial charge is 0.469 e. The van der Waals surface area contributed by atoms with E-state index in [0.29, 0.717) is 17.8 Å². The van der Waals surface area contributed by atoms with Crippen molar-refractivity contribution in [1.82, 2.24) is 0 Å². The van der Waals surface area contributed by atoms with E-state index in [9.17, 15) is 20.1 Å². The van der Waals surface area contributed by atoms with Crippen LogP contribution in [0.25, 0.3) is 0 Å². The number of carbonyl (C=O) groups excluding carboxylic acids is 1. The Morgan fingerprint density at radius 2 is 1.66 bits per heavy atom. The molecule has 7 nitrogen and oxygen atoms in total. The number of fused-ring (bicyclic) bond motifs is 7. The van der Waals surface area contributed by atoms with E-state index in [2.05, 4.69) is 54.5 Å². The minimum Gasteiger partial charge on any atom is -0.469 e. The monoisotopic (exact) mass is 616 g/mol. The number of hydrogen-bond acceptors (Lipinski definition) is 7. The van der Waals surface area contributed by atoms with E-state index in [1.807, 2.05) is 0 Å². The van der Waals surface area contributed by atoms with Crippen LogP contribution in [0.1, 0.15) is 119 Å². The maximum atomic E-state index is 13.0. The third-order valence-electron chi connectivity index (χ3n) is 15.5. The number of carbonyl (C=O) groups is 1. The van der Waals surface area contributed by atoms with Gasteiger partial charge in [-0.15, -0.1) is 0 Å².